The van der Waals surface area contributed by atoms with E-state index in [1.54, 1.807) is 0 Å². The first-order valence-electron chi connectivity index (χ1n) is 24.2. The third-order valence-electron chi connectivity index (χ3n) is 14.7. The van der Waals surface area contributed by atoms with Gasteiger partial charge in [-0.1, -0.05) is 196 Å². The van der Waals surface area contributed by atoms with Gasteiger partial charge in [0.25, 0.3) is 0 Å². The molecule has 1 fully saturated rings. The lowest BCUT2D eigenvalue weighted by Crippen LogP contribution is -2.31. The lowest BCUT2D eigenvalue weighted by atomic mass is 9.72. The summed E-state index contributed by atoms with van der Waals surface area (Å²) in [7, 11) is 0. The first-order chi connectivity index (χ1) is 31.0. The second kappa shape index (κ2) is 19.8. The number of rotatable bonds is 13. The number of nitrogens with zero attached hydrogens (tertiary/aromatic N) is 1. The summed E-state index contributed by atoms with van der Waals surface area (Å²) >= 11 is 0. The molecule has 0 aromatic heterocycles. The van der Waals surface area contributed by atoms with Crippen LogP contribution in [0, 0.1) is 23.7 Å². The Balaban J connectivity index is 1.09. The first-order valence-corrected chi connectivity index (χ1v) is 24.2. The van der Waals surface area contributed by atoms with Crippen LogP contribution in [-0.2, 0) is 16.6 Å². The molecule has 6 aliphatic rings. The van der Waals surface area contributed by atoms with Crippen LogP contribution in [0.15, 0.2) is 216 Å². The van der Waals surface area contributed by atoms with Crippen molar-refractivity contribution >= 4 is 5.57 Å². The molecule has 1 saturated carbocycles. The van der Waals surface area contributed by atoms with Gasteiger partial charge < -0.3 is 9.64 Å². The number of hydrogen-bond donors (Lipinski definition) is 0. The number of fused-ring (bicyclic) bond motifs is 3. The van der Waals surface area contributed by atoms with Gasteiger partial charge >= 0.3 is 0 Å². The Kier molecular flexibility index (Phi) is 13.4. The van der Waals surface area contributed by atoms with Gasteiger partial charge in [0, 0.05) is 42.1 Å². The first kappa shape index (κ1) is 42.7. The molecule has 4 aliphatic carbocycles. The van der Waals surface area contributed by atoms with Crippen molar-refractivity contribution in [1.82, 2.24) is 4.90 Å². The maximum atomic E-state index is 7.10. The molecule has 0 spiro atoms. The summed E-state index contributed by atoms with van der Waals surface area (Å²) in [5.74, 6) is 2.49. The number of allylic oxidation sites excluding steroid dienone is 15. The van der Waals surface area contributed by atoms with Crippen molar-refractivity contribution in [2.24, 2.45) is 23.7 Å². The Hall–Kier alpha value is -5.60. The Bertz CT molecular complexity index is 2410. The van der Waals surface area contributed by atoms with Crippen molar-refractivity contribution in [1.29, 1.82) is 0 Å². The maximum absolute atomic E-state index is 7.10. The van der Waals surface area contributed by atoms with E-state index in [4.69, 9.17) is 11.3 Å². The summed E-state index contributed by atoms with van der Waals surface area (Å²) in [4.78, 5) is 2.64. The van der Waals surface area contributed by atoms with Gasteiger partial charge in [-0.2, -0.15) is 0 Å². The monoisotopic (exact) mass is 830 g/mol. The van der Waals surface area contributed by atoms with Gasteiger partial charge in [0.15, 0.2) is 0 Å². The largest absolute Gasteiger partial charge is 0.489 e. The third-order valence-corrected chi connectivity index (χ3v) is 14.7. The van der Waals surface area contributed by atoms with Crippen molar-refractivity contribution in [2.45, 2.75) is 96.0 Å². The summed E-state index contributed by atoms with van der Waals surface area (Å²) in [5, 5.41) is 0. The Morgan fingerprint density at radius 2 is 1.59 bits per heavy atom. The molecule has 0 amide bonds. The van der Waals surface area contributed by atoms with Crippen molar-refractivity contribution < 1.29 is 4.74 Å². The van der Waals surface area contributed by atoms with Crippen LogP contribution in [0.3, 0.4) is 0 Å². The molecule has 3 aromatic carbocycles. The van der Waals surface area contributed by atoms with E-state index in [1.807, 2.05) is 0 Å². The Morgan fingerprint density at radius 3 is 2.40 bits per heavy atom. The SMILES string of the molecule is C=C1C(C)/C=C(c2ccccc2)\C=C/CN(C2=CC=C(C3=C(CCCCCC/C=C\C)C=CC4C5=C(CCC=C5)OC34)C(Cc3ccccc3)C2)C/C=C\C2(c3ccccc3)CC12. The number of hydrogen-bond acceptors (Lipinski definition) is 2. The fraction of sp³-hybridized carbons (Fsp3) is 0.344. The van der Waals surface area contributed by atoms with Crippen LogP contribution >= 0.6 is 0 Å². The van der Waals surface area contributed by atoms with Gasteiger partial charge in [-0.05, 0) is 121 Å². The topological polar surface area (TPSA) is 12.5 Å². The molecule has 6 atom stereocenters. The van der Waals surface area contributed by atoms with E-state index in [1.165, 1.54) is 93.7 Å². The minimum atomic E-state index is -0.0193. The fourth-order valence-corrected chi connectivity index (χ4v) is 11.1. The third kappa shape index (κ3) is 9.52. The summed E-state index contributed by atoms with van der Waals surface area (Å²) < 4.78 is 7.10. The molecule has 0 saturated heterocycles. The normalized spacial score (nSPS) is 28.7. The van der Waals surface area contributed by atoms with E-state index in [-0.39, 0.29) is 23.4 Å². The second-order valence-corrected chi connectivity index (χ2v) is 18.8. The van der Waals surface area contributed by atoms with E-state index in [9.17, 15) is 0 Å². The van der Waals surface area contributed by atoms with Crippen LogP contribution in [0.25, 0.3) is 5.57 Å². The molecule has 2 nitrogen and oxygen atoms in total. The van der Waals surface area contributed by atoms with E-state index in [0.29, 0.717) is 11.8 Å². The highest BCUT2D eigenvalue weighted by Crippen LogP contribution is 2.60. The zero-order chi connectivity index (χ0) is 43.0. The molecule has 322 valence electrons. The van der Waals surface area contributed by atoms with Gasteiger partial charge in [0.05, 0.1) is 0 Å². The van der Waals surface area contributed by atoms with Crippen LogP contribution in [0.4, 0.5) is 0 Å². The maximum Gasteiger partial charge on any atom is 0.134 e. The molecule has 0 bridgehead atoms. The van der Waals surface area contributed by atoms with Crippen LogP contribution in [-0.4, -0.2) is 24.1 Å². The molecule has 0 N–H and O–H groups in total. The van der Waals surface area contributed by atoms with Crippen molar-refractivity contribution in [3.63, 3.8) is 0 Å². The predicted molar refractivity (Wildman–Crippen MR) is 266 cm³/mol. The highest BCUT2D eigenvalue weighted by Gasteiger charge is 2.55. The molecule has 3 aromatic rings. The van der Waals surface area contributed by atoms with Gasteiger partial charge in [-0.3, -0.25) is 0 Å². The van der Waals surface area contributed by atoms with Gasteiger partial charge in [0.1, 0.15) is 11.9 Å². The van der Waals surface area contributed by atoms with E-state index in [2.05, 4.69) is 189 Å². The smallest absolute Gasteiger partial charge is 0.134 e. The zero-order valence-electron chi connectivity index (χ0n) is 37.8. The van der Waals surface area contributed by atoms with Crippen LogP contribution < -0.4 is 0 Å². The molecule has 6 unspecified atom stereocenters. The highest BCUT2D eigenvalue weighted by atomic mass is 16.5. The van der Waals surface area contributed by atoms with Crippen LogP contribution in [0.1, 0.15) is 94.7 Å². The zero-order valence-corrected chi connectivity index (χ0v) is 37.8. The quantitative estimate of drug-likeness (QED) is 0.126. The standard InChI is InChI=1S/C61H67NO/c1-4-5-6-7-8-9-15-28-49-34-36-56-55-32-20-21-33-58(55)63-60(56)59(49)54-37-35-53(43-51(54)42-47-24-13-10-14-25-47)62-39-22-29-50(48-26-16-11-17-27-48)41-45(2)46(3)57-44-61(57,38-23-40-62)52-30-18-12-19-31-52/h4-5,10-14,16-20,22-27,29-32,34-38,41,45,51,56-57,60H,3,6-9,15,21,28,33,39-40,42-44H2,1-2H3/b5-4-,29-22-,38-23-,50-41+. The molecule has 2 heteroatoms. The van der Waals surface area contributed by atoms with Crippen LogP contribution in [0.2, 0.25) is 0 Å². The minimum Gasteiger partial charge on any atom is -0.489 e. The summed E-state index contributed by atoms with van der Waals surface area (Å²) in [6.07, 6.45) is 43.9. The molecule has 0 radical (unpaired) electrons. The second-order valence-electron chi connectivity index (χ2n) is 18.8. The Labute approximate surface area is 378 Å². The molecular formula is C61H67NO. The average Bonchev–Trinajstić information content (AvgIpc) is 3.94. The lowest BCUT2D eigenvalue weighted by molar-refractivity contribution is 0.147. The number of benzene rings is 3. The van der Waals surface area contributed by atoms with E-state index in [0.717, 1.165) is 51.6 Å². The average molecular weight is 830 g/mol. The van der Waals surface area contributed by atoms with Crippen molar-refractivity contribution in [3.8, 4) is 0 Å². The molecule has 9 rings (SSSR count). The summed E-state index contributed by atoms with van der Waals surface area (Å²) in [5.41, 5.74) is 13.9. The van der Waals surface area contributed by atoms with E-state index >= 15 is 0 Å². The van der Waals surface area contributed by atoms with Crippen LogP contribution in [0.5, 0.6) is 0 Å². The van der Waals surface area contributed by atoms with Gasteiger partial charge in [0.2, 0.25) is 0 Å². The fourth-order valence-electron chi connectivity index (χ4n) is 11.1. The Morgan fingerprint density at radius 1 is 0.825 bits per heavy atom. The molecular weight excluding hydrogens is 763 g/mol. The summed E-state index contributed by atoms with van der Waals surface area (Å²) in [6, 6.07) is 33.3. The number of unbranched alkanes of at least 4 members (excludes halogenated alkanes) is 4. The van der Waals surface area contributed by atoms with E-state index < -0.39 is 0 Å². The van der Waals surface area contributed by atoms with Gasteiger partial charge in [-0.25, -0.2) is 0 Å². The molecule has 63 heavy (non-hydrogen) atoms. The van der Waals surface area contributed by atoms with Gasteiger partial charge in [-0.15, -0.1) is 0 Å². The minimum absolute atomic E-state index is 0.0193. The summed E-state index contributed by atoms with van der Waals surface area (Å²) in [6.45, 7) is 10.9. The lowest BCUT2D eigenvalue weighted by Gasteiger charge is -2.37. The highest BCUT2D eigenvalue weighted by molar-refractivity contribution is 5.74. The van der Waals surface area contributed by atoms with Crippen molar-refractivity contribution in [3.05, 3.63) is 233 Å². The molecule has 2 heterocycles. The predicted octanol–water partition coefficient (Wildman–Crippen LogP) is 15.1. The molecule has 2 aliphatic heterocycles. The van der Waals surface area contributed by atoms with Crippen molar-refractivity contribution in [2.75, 3.05) is 13.1 Å². The number of ether oxygens (including phenoxy) is 1.